The van der Waals surface area contributed by atoms with Crippen LogP contribution < -0.4 is 5.73 Å². The smallest absolute Gasteiger partial charge is 0.308 e. The summed E-state index contributed by atoms with van der Waals surface area (Å²) in [6.45, 7) is 0. The van der Waals surface area contributed by atoms with Crippen molar-refractivity contribution in [1.82, 2.24) is 0 Å². The average Bonchev–Trinajstić information content (AvgIpc) is 2.17. The predicted molar refractivity (Wildman–Crippen MR) is 58.5 cm³/mol. The van der Waals surface area contributed by atoms with Gasteiger partial charge in [-0.05, 0) is 25.7 Å². The van der Waals surface area contributed by atoms with Gasteiger partial charge in [0.2, 0.25) is 0 Å². The molecule has 1 heterocycles. The minimum absolute atomic E-state index is 0.0536. The zero-order valence-corrected chi connectivity index (χ0v) is 10.1. The summed E-state index contributed by atoms with van der Waals surface area (Å²) in [7, 11) is -1.75. The van der Waals surface area contributed by atoms with Crippen molar-refractivity contribution in [3.05, 3.63) is 0 Å². The van der Waals surface area contributed by atoms with E-state index in [0.29, 0.717) is 25.7 Å². The highest BCUT2D eigenvalue weighted by Gasteiger charge is 2.58. The first-order valence-corrected chi connectivity index (χ1v) is 7.11. The van der Waals surface area contributed by atoms with E-state index in [1.807, 2.05) is 0 Å². The number of methoxy groups -OCH3 is 1. The number of esters is 1. The standard InChI is InChI=1S/C10H17NO4S/c1-15-9(12)7-4-10(5-7)6-8(11)2-3-16(10,13)14/h7-8H,2-6,11H2,1H3. The molecule has 0 aromatic carbocycles. The molecule has 1 unspecified atom stereocenters. The molecule has 0 aromatic heterocycles. The van der Waals surface area contributed by atoms with Crippen LogP contribution in [0.2, 0.25) is 0 Å². The summed E-state index contributed by atoms with van der Waals surface area (Å²) in [4.78, 5) is 11.3. The highest BCUT2D eigenvalue weighted by Crippen LogP contribution is 2.50. The third-order valence-electron chi connectivity index (χ3n) is 3.82. The maximum absolute atomic E-state index is 12.0. The Morgan fingerprint density at radius 2 is 2.00 bits per heavy atom. The molecule has 2 rings (SSSR count). The quantitative estimate of drug-likeness (QED) is 0.651. The van der Waals surface area contributed by atoms with Gasteiger partial charge >= 0.3 is 5.97 Å². The highest BCUT2D eigenvalue weighted by molar-refractivity contribution is 7.92. The van der Waals surface area contributed by atoms with Gasteiger partial charge in [0.25, 0.3) is 0 Å². The largest absolute Gasteiger partial charge is 0.469 e. The molecular weight excluding hydrogens is 230 g/mol. The monoisotopic (exact) mass is 247 g/mol. The fraction of sp³-hybridized carbons (Fsp3) is 0.900. The molecule has 2 N–H and O–H groups in total. The summed E-state index contributed by atoms with van der Waals surface area (Å²) in [5, 5.41) is 0. The lowest BCUT2D eigenvalue weighted by Gasteiger charge is -2.49. The molecule has 2 fully saturated rings. The molecule has 1 atom stereocenters. The van der Waals surface area contributed by atoms with E-state index < -0.39 is 14.6 Å². The molecule has 1 saturated carbocycles. The SMILES string of the molecule is COC(=O)C1CC2(CC(N)CCS2(=O)=O)C1. The van der Waals surface area contributed by atoms with Crippen LogP contribution in [0.3, 0.4) is 0 Å². The zero-order valence-electron chi connectivity index (χ0n) is 9.31. The molecule has 1 spiro atoms. The third kappa shape index (κ3) is 1.64. The van der Waals surface area contributed by atoms with Gasteiger partial charge < -0.3 is 10.5 Å². The summed E-state index contributed by atoms with van der Waals surface area (Å²) in [6, 6.07) is -0.0536. The van der Waals surface area contributed by atoms with Crippen molar-refractivity contribution < 1.29 is 17.9 Å². The second-order valence-electron chi connectivity index (χ2n) is 4.88. The number of nitrogens with two attached hydrogens (primary N) is 1. The Balaban J connectivity index is 2.12. The van der Waals surface area contributed by atoms with Gasteiger partial charge in [-0.2, -0.15) is 0 Å². The summed E-state index contributed by atoms with van der Waals surface area (Å²) >= 11 is 0. The molecule has 1 aliphatic carbocycles. The Morgan fingerprint density at radius 1 is 1.38 bits per heavy atom. The summed E-state index contributed by atoms with van der Waals surface area (Å²) in [5.74, 6) is -0.410. The van der Waals surface area contributed by atoms with E-state index in [1.165, 1.54) is 7.11 Å². The molecule has 5 nitrogen and oxygen atoms in total. The van der Waals surface area contributed by atoms with Crippen molar-refractivity contribution in [1.29, 1.82) is 0 Å². The lowest BCUT2D eigenvalue weighted by Crippen LogP contribution is -2.59. The summed E-state index contributed by atoms with van der Waals surface area (Å²) < 4.78 is 27.8. The Hall–Kier alpha value is -0.620. The second kappa shape index (κ2) is 3.70. The van der Waals surface area contributed by atoms with Crippen LogP contribution in [0.5, 0.6) is 0 Å². The molecule has 0 radical (unpaired) electrons. The second-order valence-corrected chi connectivity index (χ2v) is 7.39. The third-order valence-corrected chi connectivity index (χ3v) is 6.42. The average molecular weight is 247 g/mol. The highest BCUT2D eigenvalue weighted by atomic mass is 32.2. The molecule has 0 aromatic rings. The van der Waals surface area contributed by atoms with Gasteiger partial charge in [0.05, 0.1) is 23.5 Å². The molecule has 0 bridgehead atoms. The van der Waals surface area contributed by atoms with Crippen LogP contribution in [0.1, 0.15) is 25.7 Å². The van der Waals surface area contributed by atoms with E-state index in [1.54, 1.807) is 0 Å². The molecule has 6 heteroatoms. The van der Waals surface area contributed by atoms with Crippen LogP contribution in [0, 0.1) is 5.92 Å². The van der Waals surface area contributed by atoms with Gasteiger partial charge in [0.1, 0.15) is 0 Å². The van der Waals surface area contributed by atoms with Gasteiger partial charge in [-0.1, -0.05) is 0 Å². The van der Waals surface area contributed by atoms with E-state index >= 15 is 0 Å². The number of ether oxygens (including phenoxy) is 1. The Morgan fingerprint density at radius 3 is 2.56 bits per heavy atom. The first kappa shape index (κ1) is 11.9. The van der Waals surface area contributed by atoms with Crippen LogP contribution in [0.25, 0.3) is 0 Å². The van der Waals surface area contributed by atoms with E-state index in [4.69, 9.17) is 5.73 Å². The number of carbonyl (C=O) groups is 1. The lowest BCUT2D eigenvalue weighted by atomic mass is 9.70. The molecule has 0 amide bonds. The van der Waals surface area contributed by atoms with Crippen molar-refractivity contribution in [2.24, 2.45) is 11.7 Å². The molecule has 1 saturated heterocycles. The number of hydrogen-bond acceptors (Lipinski definition) is 5. The first-order valence-electron chi connectivity index (χ1n) is 5.46. The van der Waals surface area contributed by atoms with Crippen molar-refractivity contribution in [3.8, 4) is 0 Å². The molecule has 2 aliphatic rings. The number of sulfone groups is 1. The van der Waals surface area contributed by atoms with Crippen LogP contribution in [0.4, 0.5) is 0 Å². The van der Waals surface area contributed by atoms with Gasteiger partial charge in [0.15, 0.2) is 9.84 Å². The van der Waals surface area contributed by atoms with Crippen LogP contribution >= 0.6 is 0 Å². The van der Waals surface area contributed by atoms with Crippen molar-refractivity contribution in [3.63, 3.8) is 0 Å². The number of rotatable bonds is 1. The van der Waals surface area contributed by atoms with Gasteiger partial charge in [-0.25, -0.2) is 8.42 Å². The zero-order chi connectivity index (χ0) is 12.0. The minimum atomic E-state index is -3.08. The number of hydrogen-bond donors (Lipinski definition) is 1. The van der Waals surface area contributed by atoms with E-state index in [-0.39, 0.29) is 23.7 Å². The number of carbonyl (C=O) groups excluding carboxylic acids is 1. The van der Waals surface area contributed by atoms with Gasteiger partial charge in [-0.15, -0.1) is 0 Å². The van der Waals surface area contributed by atoms with Crippen LogP contribution in [-0.4, -0.2) is 38.0 Å². The summed E-state index contributed by atoms with van der Waals surface area (Å²) in [6.07, 6.45) is 1.79. The van der Waals surface area contributed by atoms with Gasteiger partial charge in [0, 0.05) is 6.04 Å². The maximum Gasteiger partial charge on any atom is 0.308 e. The first-order chi connectivity index (χ1) is 7.40. The lowest BCUT2D eigenvalue weighted by molar-refractivity contribution is -0.149. The van der Waals surface area contributed by atoms with Crippen molar-refractivity contribution in [2.45, 2.75) is 36.5 Å². The Bertz CT molecular complexity index is 397. The molecular formula is C10H17NO4S. The van der Waals surface area contributed by atoms with Crippen LogP contribution in [-0.2, 0) is 19.4 Å². The minimum Gasteiger partial charge on any atom is -0.469 e. The normalized spacial score (nSPS) is 41.4. The molecule has 1 aliphatic heterocycles. The maximum atomic E-state index is 12.0. The van der Waals surface area contributed by atoms with Gasteiger partial charge in [-0.3, -0.25) is 4.79 Å². The molecule has 92 valence electrons. The van der Waals surface area contributed by atoms with Crippen LogP contribution in [0.15, 0.2) is 0 Å². The van der Waals surface area contributed by atoms with E-state index in [2.05, 4.69) is 4.74 Å². The van der Waals surface area contributed by atoms with Crippen molar-refractivity contribution in [2.75, 3.05) is 12.9 Å². The van der Waals surface area contributed by atoms with E-state index in [9.17, 15) is 13.2 Å². The predicted octanol–water partition coefficient (Wildman–Crippen LogP) is -0.156. The fourth-order valence-electron chi connectivity index (χ4n) is 2.82. The Labute approximate surface area is 95.3 Å². The fourth-order valence-corrected chi connectivity index (χ4v) is 5.25. The van der Waals surface area contributed by atoms with Crippen molar-refractivity contribution >= 4 is 15.8 Å². The topological polar surface area (TPSA) is 86.5 Å². The molecule has 16 heavy (non-hydrogen) atoms. The Kier molecular flexibility index (Phi) is 2.74. The summed E-state index contributed by atoms with van der Waals surface area (Å²) in [5.41, 5.74) is 5.81. The van der Waals surface area contributed by atoms with E-state index in [0.717, 1.165) is 0 Å².